The highest BCUT2D eigenvalue weighted by atomic mass is 35.5. The highest BCUT2D eigenvalue weighted by Crippen LogP contribution is 2.24. The molecule has 6 heteroatoms. The molecular formula is C13H18ClN3O2. The average molecular weight is 284 g/mol. The van der Waals surface area contributed by atoms with E-state index in [4.69, 9.17) is 22.2 Å². The Morgan fingerprint density at radius 3 is 3.05 bits per heavy atom. The Labute approximate surface area is 117 Å². The fraction of sp³-hybridized carbons (Fsp3) is 0.462. The lowest BCUT2D eigenvalue weighted by Crippen LogP contribution is -2.21. The van der Waals surface area contributed by atoms with Crippen LogP contribution in [-0.4, -0.2) is 30.7 Å². The molecule has 1 aliphatic rings. The van der Waals surface area contributed by atoms with Gasteiger partial charge >= 0.3 is 0 Å². The van der Waals surface area contributed by atoms with E-state index in [9.17, 15) is 4.79 Å². The SMILES string of the molecule is Nc1ccc(NC(=O)CCCN2CCCO2)c(Cl)c1. The molecule has 0 radical (unpaired) electrons. The quantitative estimate of drug-likeness (QED) is 0.814. The Kier molecular flexibility index (Phi) is 5.01. The summed E-state index contributed by atoms with van der Waals surface area (Å²) in [5, 5.41) is 5.14. The van der Waals surface area contributed by atoms with Crippen molar-refractivity contribution in [3.8, 4) is 0 Å². The number of nitrogens with zero attached hydrogens (tertiary/aromatic N) is 1. The number of carbonyl (C=O) groups excluding carboxylic acids is 1. The van der Waals surface area contributed by atoms with Crippen LogP contribution in [0.25, 0.3) is 0 Å². The zero-order chi connectivity index (χ0) is 13.7. The van der Waals surface area contributed by atoms with Crippen LogP contribution in [0.1, 0.15) is 19.3 Å². The van der Waals surface area contributed by atoms with Crippen molar-refractivity contribution in [1.82, 2.24) is 5.06 Å². The van der Waals surface area contributed by atoms with E-state index in [-0.39, 0.29) is 5.91 Å². The summed E-state index contributed by atoms with van der Waals surface area (Å²) in [7, 11) is 0. The molecule has 0 aromatic heterocycles. The molecule has 5 nitrogen and oxygen atoms in total. The van der Waals surface area contributed by atoms with Crippen LogP contribution in [0.15, 0.2) is 18.2 Å². The number of nitrogens with two attached hydrogens (primary N) is 1. The van der Waals surface area contributed by atoms with Gasteiger partial charge in [-0.3, -0.25) is 9.63 Å². The van der Waals surface area contributed by atoms with E-state index >= 15 is 0 Å². The van der Waals surface area contributed by atoms with Crippen LogP contribution in [0.3, 0.4) is 0 Å². The molecule has 0 saturated carbocycles. The van der Waals surface area contributed by atoms with E-state index in [1.165, 1.54) is 0 Å². The van der Waals surface area contributed by atoms with Gasteiger partial charge in [-0.15, -0.1) is 0 Å². The summed E-state index contributed by atoms with van der Waals surface area (Å²) < 4.78 is 0. The maximum atomic E-state index is 11.8. The van der Waals surface area contributed by atoms with E-state index in [2.05, 4.69) is 5.32 Å². The largest absolute Gasteiger partial charge is 0.399 e. The minimum Gasteiger partial charge on any atom is -0.399 e. The Morgan fingerprint density at radius 2 is 2.37 bits per heavy atom. The number of anilines is 2. The van der Waals surface area contributed by atoms with Gasteiger partial charge in [-0.25, -0.2) is 0 Å². The number of hydrogen-bond acceptors (Lipinski definition) is 4. The number of hydrogen-bond donors (Lipinski definition) is 2. The first kappa shape index (κ1) is 14.1. The maximum absolute atomic E-state index is 11.8. The van der Waals surface area contributed by atoms with Gasteiger partial charge in [0.05, 0.1) is 17.3 Å². The lowest BCUT2D eigenvalue weighted by Gasteiger charge is -2.13. The van der Waals surface area contributed by atoms with Crippen LogP contribution in [0.4, 0.5) is 11.4 Å². The zero-order valence-electron chi connectivity index (χ0n) is 10.7. The minimum atomic E-state index is -0.0501. The second-order valence-corrected chi connectivity index (χ2v) is 4.91. The number of halogens is 1. The molecule has 1 aliphatic heterocycles. The van der Waals surface area contributed by atoms with Gasteiger partial charge in [0.25, 0.3) is 0 Å². The van der Waals surface area contributed by atoms with E-state index < -0.39 is 0 Å². The Morgan fingerprint density at radius 1 is 1.53 bits per heavy atom. The van der Waals surface area contributed by atoms with Crippen molar-refractivity contribution < 1.29 is 9.63 Å². The van der Waals surface area contributed by atoms with Gasteiger partial charge in [-0.2, -0.15) is 5.06 Å². The van der Waals surface area contributed by atoms with Gasteiger partial charge in [-0.05, 0) is 31.0 Å². The minimum absolute atomic E-state index is 0.0501. The van der Waals surface area contributed by atoms with Crippen molar-refractivity contribution in [1.29, 1.82) is 0 Å². The first-order valence-corrected chi connectivity index (χ1v) is 6.76. The average Bonchev–Trinajstić information content (AvgIpc) is 2.86. The molecule has 1 heterocycles. The summed E-state index contributed by atoms with van der Waals surface area (Å²) in [5.41, 5.74) is 6.77. The van der Waals surface area contributed by atoms with E-state index in [1.807, 2.05) is 5.06 Å². The molecule has 19 heavy (non-hydrogen) atoms. The van der Waals surface area contributed by atoms with Crippen LogP contribution in [0.2, 0.25) is 5.02 Å². The third-order valence-corrected chi connectivity index (χ3v) is 3.22. The first-order chi connectivity index (χ1) is 9.15. The molecule has 1 aromatic carbocycles. The van der Waals surface area contributed by atoms with E-state index in [1.54, 1.807) is 18.2 Å². The molecule has 1 fully saturated rings. The number of benzene rings is 1. The lowest BCUT2D eigenvalue weighted by atomic mass is 10.2. The van der Waals surface area contributed by atoms with Crippen molar-refractivity contribution >= 4 is 28.9 Å². The molecule has 2 rings (SSSR count). The molecule has 1 amide bonds. The van der Waals surface area contributed by atoms with Gasteiger partial charge in [0.15, 0.2) is 0 Å². The van der Waals surface area contributed by atoms with Gasteiger partial charge in [-0.1, -0.05) is 11.6 Å². The van der Waals surface area contributed by atoms with Gasteiger partial charge < -0.3 is 11.1 Å². The van der Waals surface area contributed by atoms with Crippen LogP contribution in [-0.2, 0) is 9.63 Å². The van der Waals surface area contributed by atoms with E-state index in [0.29, 0.717) is 22.8 Å². The zero-order valence-corrected chi connectivity index (χ0v) is 11.4. The highest BCUT2D eigenvalue weighted by Gasteiger charge is 2.12. The summed E-state index contributed by atoms with van der Waals surface area (Å²) in [4.78, 5) is 17.1. The molecule has 3 N–H and O–H groups in total. The monoisotopic (exact) mass is 283 g/mol. The van der Waals surface area contributed by atoms with Crippen molar-refractivity contribution in [3.05, 3.63) is 23.2 Å². The Hall–Kier alpha value is -1.30. The normalized spacial score (nSPS) is 15.6. The topological polar surface area (TPSA) is 67.6 Å². The van der Waals surface area contributed by atoms with Crippen molar-refractivity contribution in [2.75, 3.05) is 30.7 Å². The summed E-state index contributed by atoms with van der Waals surface area (Å²) in [6, 6.07) is 5.04. The molecule has 1 aromatic rings. The van der Waals surface area contributed by atoms with Crippen LogP contribution < -0.4 is 11.1 Å². The molecule has 0 atom stereocenters. The predicted octanol–water partition coefficient (Wildman–Crippen LogP) is 2.28. The van der Waals surface area contributed by atoms with Crippen LogP contribution in [0, 0.1) is 0 Å². The second kappa shape index (κ2) is 6.75. The third-order valence-electron chi connectivity index (χ3n) is 2.90. The van der Waals surface area contributed by atoms with Crippen LogP contribution >= 0.6 is 11.6 Å². The Bertz CT molecular complexity index is 448. The smallest absolute Gasteiger partial charge is 0.224 e. The number of nitrogens with one attached hydrogen (secondary N) is 1. The van der Waals surface area contributed by atoms with Gasteiger partial charge in [0.1, 0.15) is 0 Å². The lowest BCUT2D eigenvalue weighted by molar-refractivity contribution is -0.120. The number of amides is 1. The second-order valence-electron chi connectivity index (χ2n) is 4.51. The van der Waals surface area contributed by atoms with Crippen molar-refractivity contribution in [2.24, 2.45) is 0 Å². The molecule has 104 valence electrons. The predicted molar refractivity (Wildman–Crippen MR) is 75.9 cm³/mol. The standard InChI is InChI=1S/C13H18ClN3O2/c14-11-9-10(15)4-5-12(11)16-13(18)3-1-6-17-7-2-8-19-17/h4-5,9H,1-3,6-8,15H2,(H,16,18). The first-order valence-electron chi connectivity index (χ1n) is 6.38. The summed E-state index contributed by atoms with van der Waals surface area (Å²) >= 11 is 5.99. The summed E-state index contributed by atoms with van der Waals surface area (Å²) in [6.45, 7) is 2.52. The number of rotatable bonds is 5. The fourth-order valence-corrected chi connectivity index (χ4v) is 2.17. The molecule has 0 aliphatic carbocycles. The molecule has 0 unspecified atom stereocenters. The summed E-state index contributed by atoms with van der Waals surface area (Å²) in [6.07, 6.45) is 2.27. The number of carbonyl (C=O) groups is 1. The van der Waals surface area contributed by atoms with Crippen molar-refractivity contribution in [2.45, 2.75) is 19.3 Å². The van der Waals surface area contributed by atoms with E-state index in [0.717, 1.165) is 32.5 Å². The van der Waals surface area contributed by atoms with Gasteiger partial charge in [0, 0.05) is 25.2 Å². The summed E-state index contributed by atoms with van der Waals surface area (Å²) in [5.74, 6) is -0.0501. The third kappa shape index (κ3) is 4.38. The molecule has 1 saturated heterocycles. The molecule has 0 bridgehead atoms. The number of nitrogen functional groups attached to an aromatic ring is 1. The maximum Gasteiger partial charge on any atom is 0.224 e. The Balaban J connectivity index is 1.74. The molecule has 0 spiro atoms. The highest BCUT2D eigenvalue weighted by molar-refractivity contribution is 6.34. The van der Waals surface area contributed by atoms with Gasteiger partial charge in [0.2, 0.25) is 5.91 Å². The van der Waals surface area contributed by atoms with Crippen molar-refractivity contribution in [3.63, 3.8) is 0 Å². The molecular weight excluding hydrogens is 266 g/mol. The fourth-order valence-electron chi connectivity index (χ4n) is 1.94. The number of hydroxylamine groups is 2. The van der Waals surface area contributed by atoms with Crippen LogP contribution in [0.5, 0.6) is 0 Å².